The monoisotopic (exact) mass is 413 g/mol. The van der Waals surface area contributed by atoms with Gasteiger partial charge in [0.05, 0.1) is 23.7 Å². The van der Waals surface area contributed by atoms with Crippen LogP contribution in [0, 0.1) is 19.7 Å². The number of nitrogens with zero attached hydrogens (tertiary/aromatic N) is 1. The minimum Gasteiger partial charge on any atom is -0.497 e. The van der Waals surface area contributed by atoms with Gasteiger partial charge in [-0.1, -0.05) is 35.9 Å². The predicted molar refractivity (Wildman–Crippen MR) is 113 cm³/mol. The summed E-state index contributed by atoms with van der Waals surface area (Å²) in [6.07, 6.45) is 0. The summed E-state index contributed by atoms with van der Waals surface area (Å²) in [6, 6.07) is 17.7. The fraction of sp³-hybridized carbons (Fsp3) is 0.217. The molecule has 0 spiro atoms. The molecule has 6 heteroatoms. The Morgan fingerprint density at radius 3 is 2.28 bits per heavy atom. The third-order valence-electron chi connectivity index (χ3n) is 4.92. The second kappa shape index (κ2) is 8.25. The van der Waals surface area contributed by atoms with E-state index in [1.54, 1.807) is 75.6 Å². The van der Waals surface area contributed by atoms with E-state index in [0.29, 0.717) is 11.3 Å². The van der Waals surface area contributed by atoms with E-state index in [0.717, 1.165) is 11.1 Å². The lowest BCUT2D eigenvalue weighted by Crippen LogP contribution is -2.34. The van der Waals surface area contributed by atoms with Crippen molar-refractivity contribution in [2.45, 2.75) is 31.7 Å². The minimum absolute atomic E-state index is 0.152. The molecular formula is C23H24FNO3S. The highest BCUT2D eigenvalue weighted by Crippen LogP contribution is 2.35. The van der Waals surface area contributed by atoms with E-state index in [1.807, 2.05) is 13.0 Å². The Kier molecular flexibility index (Phi) is 5.94. The van der Waals surface area contributed by atoms with Crippen LogP contribution in [-0.4, -0.2) is 15.5 Å². The van der Waals surface area contributed by atoms with Crippen molar-refractivity contribution in [2.75, 3.05) is 11.4 Å². The van der Waals surface area contributed by atoms with Gasteiger partial charge in [0, 0.05) is 0 Å². The summed E-state index contributed by atoms with van der Waals surface area (Å²) in [5.74, 6) is 0.168. The van der Waals surface area contributed by atoms with E-state index >= 15 is 0 Å². The lowest BCUT2D eigenvalue weighted by Gasteiger charge is -2.31. The van der Waals surface area contributed by atoms with Gasteiger partial charge in [-0.3, -0.25) is 4.31 Å². The van der Waals surface area contributed by atoms with Crippen LogP contribution >= 0.6 is 0 Å². The topological polar surface area (TPSA) is 46.6 Å². The zero-order chi connectivity index (χ0) is 21.2. The molecule has 0 radical (unpaired) electrons. The van der Waals surface area contributed by atoms with Gasteiger partial charge in [0.1, 0.15) is 11.6 Å². The Balaban J connectivity index is 2.17. The summed E-state index contributed by atoms with van der Waals surface area (Å²) >= 11 is 0. The molecule has 0 amide bonds. The standard InChI is InChI=1S/C23H24FNO3S/c1-16-8-12-22(13-9-16)29(26,27)25(20-11-10-17(2)23(24)15-20)18(3)19-6-5-7-21(14-19)28-4/h5-15,18H,1-4H3/t18-/m0/s1. The van der Waals surface area contributed by atoms with Gasteiger partial charge >= 0.3 is 0 Å². The molecule has 0 unspecified atom stereocenters. The molecule has 152 valence electrons. The van der Waals surface area contributed by atoms with Crippen molar-refractivity contribution in [3.63, 3.8) is 0 Å². The number of sulfonamides is 1. The van der Waals surface area contributed by atoms with Crippen molar-refractivity contribution in [1.29, 1.82) is 0 Å². The summed E-state index contributed by atoms with van der Waals surface area (Å²) in [7, 11) is -2.39. The lowest BCUT2D eigenvalue weighted by molar-refractivity contribution is 0.414. The number of anilines is 1. The maximum absolute atomic E-state index is 14.3. The molecule has 29 heavy (non-hydrogen) atoms. The van der Waals surface area contributed by atoms with Gasteiger partial charge in [-0.25, -0.2) is 12.8 Å². The highest BCUT2D eigenvalue weighted by molar-refractivity contribution is 7.92. The van der Waals surface area contributed by atoms with Gasteiger partial charge in [0.2, 0.25) is 0 Å². The van der Waals surface area contributed by atoms with Crippen LogP contribution in [0.4, 0.5) is 10.1 Å². The van der Waals surface area contributed by atoms with E-state index in [2.05, 4.69) is 0 Å². The fourth-order valence-corrected chi connectivity index (χ4v) is 4.79. The molecule has 0 saturated carbocycles. The predicted octanol–water partition coefficient (Wildman–Crippen LogP) is 5.41. The fourth-order valence-electron chi connectivity index (χ4n) is 3.15. The lowest BCUT2D eigenvalue weighted by atomic mass is 10.1. The van der Waals surface area contributed by atoms with Crippen LogP contribution in [0.1, 0.15) is 29.7 Å². The quantitative estimate of drug-likeness (QED) is 0.543. The van der Waals surface area contributed by atoms with E-state index < -0.39 is 21.9 Å². The van der Waals surface area contributed by atoms with Gasteiger partial charge in [-0.05, 0) is 68.3 Å². The smallest absolute Gasteiger partial charge is 0.264 e. The van der Waals surface area contributed by atoms with Gasteiger partial charge in [-0.2, -0.15) is 0 Å². The van der Waals surface area contributed by atoms with E-state index in [1.165, 1.54) is 10.4 Å². The maximum atomic E-state index is 14.3. The van der Waals surface area contributed by atoms with Crippen LogP contribution in [0.3, 0.4) is 0 Å². The molecule has 0 aliphatic heterocycles. The summed E-state index contributed by atoms with van der Waals surface area (Å²) < 4.78 is 48.0. The molecule has 3 aromatic rings. The molecule has 3 aromatic carbocycles. The van der Waals surface area contributed by atoms with Crippen molar-refractivity contribution in [2.24, 2.45) is 0 Å². The first-order valence-corrected chi connectivity index (χ1v) is 10.7. The second-order valence-corrected chi connectivity index (χ2v) is 8.81. The van der Waals surface area contributed by atoms with Crippen molar-refractivity contribution in [1.82, 2.24) is 0 Å². The first kappa shape index (κ1) is 20.9. The molecule has 3 rings (SSSR count). The number of halogens is 1. The largest absolute Gasteiger partial charge is 0.497 e. The molecule has 0 aliphatic rings. The van der Waals surface area contributed by atoms with Gasteiger partial charge in [0.15, 0.2) is 0 Å². The van der Waals surface area contributed by atoms with Crippen molar-refractivity contribution in [3.8, 4) is 5.75 Å². The zero-order valence-corrected chi connectivity index (χ0v) is 17.7. The maximum Gasteiger partial charge on any atom is 0.264 e. The Hall–Kier alpha value is -2.86. The number of benzene rings is 3. The van der Waals surface area contributed by atoms with E-state index in [-0.39, 0.29) is 10.6 Å². The minimum atomic E-state index is -3.94. The number of hydrogen-bond acceptors (Lipinski definition) is 3. The average Bonchev–Trinajstić information content (AvgIpc) is 2.71. The number of aryl methyl sites for hydroxylation is 2. The molecule has 0 aromatic heterocycles. The second-order valence-electron chi connectivity index (χ2n) is 7.00. The molecule has 4 nitrogen and oxygen atoms in total. The van der Waals surface area contributed by atoms with E-state index in [4.69, 9.17) is 4.74 Å². The Bertz CT molecular complexity index is 1110. The van der Waals surface area contributed by atoms with Gasteiger partial charge < -0.3 is 4.74 Å². The van der Waals surface area contributed by atoms with Crippen LogP contribution in [0.25, 0.3) is 0 Å². The van der Waals surface area contributed by atoms with Gasteiger partial charge in [0.25, 0.3) is 10.0 Å². The Morgan fingerprint density at radius 2 is 1.66 bits per heavy atom. The summed E-state index contributed by atoms with van der Waals surface area (Å²) in [5, 5.41) is 0. The molecule has 1 atom stereocenters. The third kappa shape index (κ3) is 4.27. The summed E-state index contributed by atoms with van der Waals surface area (Å²) in [4.78, 5) is 0.152. The van der Waals surface area contributed by atoms with Crippen LogP contribution in [0.2, 0.25) is 0 Å². The summed E-state index contributed by atoms with van der Waals surface area (Å²) in [5.41, 5.74) is 2.42. The Labute approximate surface area is 171 Å². The molecule has 0 bridgehead atoms. The Morgan fingerprint density at radius 1 is 0.966 bits per heavy atom. The molecule has 0 heterocycles. The SMILES string of the molecule is COc1cccc([C@H](C)N(c2ccc(C)c(F)c2)S(=O)(=O)c2ccc(C)cc2)c1. The first-order valence-electron chi connectivity index (χ1n) is 9.25. The molecule has 0 aliphatic carbocycles. The van der Waals surface area contributed by atoms with Crippen LogP contribution < -0.4 is 9.04 Å². The van der Waals surface area contributed by atoms with Crippen LogP contribution in [-0.2, 0) is 10.0 Å². The molecule has 0 N–H and O–H groups in total. The molecule has 0 saturated heterocycles. The normalized spacial score (nSPS) is 12.4. The number of ether oxygens (including phenoxy) is 1. The van der Waals surface area contributed by atoms with Crippen molar-refractivity contribution < 1.29 is 17.5 Å². The molecular weight excluding hydrogens is 389 g/mol. The van der Waals surface area contributed by atoms with Crippen molar-refractivity contribution in [3.05, 3.63) is 89.2 Å². The number of rotatable bonds is 6. The highest BCUT2D eigenvalue weighted by atomic mass is 32.2. The molecule has 0 fully saturated rings. The highest BCUT2D eigenvalue weighted by Gasteiger charge is 2.31. The zero-order valence-electron chi connectivity index (χ0n) is 16.9. The third-order valence-corrected chi connectivity index (χ3v) is 6.83. The number of hydrogen-bond donors (Lipinski definition) is 0. The van der Waals surface area contributed by atoms with Crippen LogP contribution in [0.15, 0.2) is 71.6 Å². The van der Waals surface area contributed by atoms with Crippen LogP contribution in [0.5, 0.6) is 5.75 Å². The van der Waals surface area contributed by atoms with Gasteiger partial charge in [-0.15, -0.1) is 0 Å². The van der Waals surface area contributed by atoms with Crippen molar-refractivity contribution >= 4 is 15.7 Å². The van der Waals surface area contributed by atoms with E-state index in [9.17, 15) is 12.8 Å². The average molecular weight is 414 g/mol. The number of methoxy groups -OCH3 is 1. The summed E-state index contributed by atoms with van der Waals surface area (Å²) in [6.45, 7) is 5.31. The first-order chi connectivity index (χ1) is 13.7.